The number of amides is 1. The van der Waals surface area contributed by atoms with Gasteiger partial charge in [-0.1, -0.05) is 20.8 Å². The Morgan fingerprint density at radius 3 is 2.61 bits per heavy atom. The first-order valence-corrected chi connectivity index (χ1v) is 7.06. The van der Waals surface area contributed by atoms with Crippen molar-refractivity contribution >= 4 is 5.91 Å². The Bertz CT molecular complexity index is 291. The van der Waals surface area contributed by atoms with Gasteiger partial charge in [-0.05, 0) is 44.7 Å². The molecule has 0 spiro atoms. The fourth-order valence-electron chi connectivity index (χ4n) is 2.50. The van der Waals surface area contributed by atoms with Crippen LogP contribution in [-0.4, -0.2) is 42.5 Å². The van der Waals surface area contributed by atoms with Crippen molar-refractivity contribution in [3.63, 3.8) is 0 Å². The van der Waals surface area contributed by atoms with Crippen molar-refractivity contribution in [3.8, 4) is 0 Å². The van der Waals surface area contributed by atoms with E-state index in [0.717, 1.165) is 39.0 Å². The molecule has 0 aromatic carbocycles. The number of carbonyl (C=O) groups excluding carboxylic acids is 1. The van der Waals surface area contributed by atoms with Gasteiger partial charge in [-0.25, -0.2) is 0 Å². The molecule has 106 valence electrons. The van der Waals surface area contributed by atoms with Crippen molar-refractivity contribution in [3.05, 3.63) is 0 Å². The third kappa shape index (κ3) is 4.25. The predicted molar refractivity (Wildman–Crippen MR) is 75.3 cm³/mol. The van der Waals surface area contributed by atoms with Crippen LogP contribution in [0.25, 0.3) is 0 Å². The third-order valence-corrected chi connectivity index (χ3v) is 3.99. The van der Waals surface area contributed by atoms with E-state index in [1.165, 1.54) is 6.42 Å². The second kappa shape index (κ2) is 6.02. The van der Waals surface area contributed by atoms with E-state index in [1.807, 2.05) is 6.92 Å². The Morgan fingerprint density at radius 2 is 2.17 bits per heavy atom. The van der Waals surface area contributed by atoms with Gasteiger partial charge in [0.2, 0.25) is 5.91 Å². The van der Waals surface area contributed by atoms with Crippen LogP contribution in [0.5, 0.6) is 0 Å². The molecule has 0 saturated carbocycles. The standard InChI is InChI=1S/C14H29N3O/c1-5-8-16-14(4,12(15)18)7-10-17-9-6-13(2,3)11-17/h16H,5-11H2,1-4H3,(H2,15,18). The van der Waals surface area contributed by atoms with Gasteiger partial charge in [-0.2, -0.15) is 0 Å². The number of hydrogen-bond acceptors (Lipinski definition) is 3. The summed E-state index contributed by atoms with van der Waals surface area (Å²) in [5.41, 5.74) is 5.38. The Hall–Kier alpha value is -0.610. The predicted octanol–water partition coefficient (Wildman–Crippen LogP) is 1.35. The maximum absolute atomic E-state index is 11.6. The summed E-state index contributed by atoms with van der Waals surface area (Å²) in [6.45, 7) is 12.7. The summed E-state index contributed by atoms with van der Waals surface area (Å²) in [6.07, 6.45) is 3.04. The molecule has 0 bridgehead atoms. The summed E-state index contributed by atoms with van der Waals surface area (Å²) in [4.78, 5) is 14.0. The van der Waals surface area contributed by atoms with Gasteiger partial charge in [-0.3, -0.25) is 4.79 Å². The van der Waals surface area contributed by atoms with E-state index < -0.39 is 5.54 Å². The monoisotopic (exact) mass is 255 g/mol. The SMILES string of the molecule is CCCNC(C)(CCN1CCC(C)(C)C1)C(N)=O. The highest BCUT2D eigenvalue weighted by Gasteiger charge is 2.33. The Labute approximate surface area is 111 Å². The average molecular weight is 255 g/mol. The van der Waals surface area contributed by atoms with Crippen molar-refractivity contribution in [2.24, 2.45) is 11.1 Å². The average Bonchev–Trinajstić information content (AvgIpc) is 2.63. The molecule has 1 aliphatic rings. The third-order valence-electron chi connectivity index (χ3n) is 3.99. The maximum atomic E-state index is 11.6. The van der Waals surface area contributed by atoms with Crippen molar-refractivity contribution in [1.82, 2.24) is 10.2 Å². The van der Waals surface area contributed by atoms with E-state index in [0.29, 0.717) is 5.41 Å². The summed E-state index contributed by atoms with van der Waals surface area (Å²) in [6, 6.07) is 0. The zero-order chi connectivity index (χ0) is 13.8. The van der Waals surface area contributed by atoms with Gasteiger partial charge in [0.25, 0.3) is 0 Å². The number of likely N-dealkylation sites (tertiary alicyclic amines) is 1. The van der Waals surface area contributed by atoms with Gasteiger partial charge < -0.3 is 16.0 Å². The number of primary amides is 1. The van der Waals surface area contributed by atoms with Gasteiger partial charge in [-0.15, -0.1) is 0 Å². The van der Waals surface area contributed by atoms with Crippen LogP contribution in [0.15, 0.2) is 0 Å². The molecule has 0 aromatic rings. The van der Waals surface area contributed by atoms with Crippen molar-refractivity contribution in [2.75, 3.05) is 26.2 Å². The van der Waals surface area contributed by atoms with Gasteiger partial charge in [0.05, 0.1) is 5.54 Å². The van der Waals surface area contributed by atoms with Crippen LogP contribution in [0, 0.1) is 5.41 Å². The Balaban J connectivity index is 2.45. The van der Waals surface area contributed by atoms with E-state index in [9.17, 15) is 4.79 Å². The summed E-state index contributed by atoms with van der Waals surface area (Å²) in [5, 5.41) is 3.29. The number of nitrogens with one attached hydrogen (secondary N) is 1. The second-order valence-electron chi connectivity index (χ2n) is 6.56. The zero-order valence-electron chi connectivity index (χ0n) is 12.4. The molecule has 1 unspecified atom stereocenters. The minimum absolute atomic E-state index is 0.241. The normalized spacial score (nSPS) is 22.9. The van der Waals surface area contributed by atoms with Gasteiger partial charge in [0.1, 0.15) is 0 Å². The molecular weight excluding hydrogens is 226 g/mol. The molecule has 3 N–H and O–H groups in total. The second-order valence-corrected chi connectivity index (χ2v) is 6.56. The lowest BCUT2D eigenvalue weighted by atomic mass is 9.93. The number of nitrogens with zero attached hydrogens (tertiary/aromatic N) is 1. The summed E-state index contributed by atoms with van der Waals surface area (Å²) in [7, 11) is 0. The summed E-state index contributed by atoms with van der Waals surface area (Å²) < 4.78 is 0. The zero-order valence-corrected chi connectivity index (χ0v) is 12.4. The highest BCUT2D eigenvalue weighted by atomic mass is 16.1. The van der Waals surface area contributed by atoms with Crippen LogP contribution in [0.4, 0.5) is 0 Å². The molecule has 1 aliphatic heterocycles. The molecule has 4 heteroatoms. The number of nitrogens with two attached hydrogens (primary N) is 1. The van der Waals surface area contributed by atoms with Crippen LogP contribution in [-0.2, 0) is 4.79 Å². The summed E-state index contributed by atoms with van der Waals surface area (Å²) in [5.74, 6) is -0.241. The molecule has 1 amide bonds. The lowest BCUT2D eigenvalue weighted by molar-refractivity contribution is -0.124. The van der Waals surface area contributed by atoms with E-state index in [2.05, 4.69) is 31.0 Å². The number of hydrogen-bond donors (Lipinski definition) is 2. The Kier molecular flexibility index (Phi) is 5.17. The fraction of sp³-hybridized carbons (Fsp3) is 0.929. The van der Waals surface area contributed by atoms with Gasteiger partial charge >= 0.3 is 0 Å². The van der Waals surface area contributed by atoms with E-state index >= 15 is 0 Å². The number of carbonyl (C=O) groups is 1. The van der Waals surface area contributed by atoms with Gasteiger partial charge in [0.15, 0.2) is 0 Å². The van der Waals surface area contributed by atoms with Crippen LogP contribution < -0.4 is 11.1 Å². The maximum Gasteiger partial charge on any atom is 0.237 e. The summed E-state index contributed by atoms with van der Waals surface area (Å²) >= 11 is 0. The lowest BCUT2D eigenvalue weighted by Gasteiger charge is -2.30. The smallest absolute Gasteiger partial charge is 0.237 e. The molecule has 0 radical (unpaired) electrons. The van der Waals surface area contributed by atoms with Crippen molar-refractivity contribution < 1.29 is 4.79 Å². The largest absolute Gasteiger partial charge is 0.368 e. The number of rotatable bonds is 7. The van der Waals surface area contributed by atoms with E-state index in [-0.39, 0.29) is 5.91 Å². The first-order chi connectivity index (χ1) is 8.29. The fourth-order valence-corrected chi connectivity index (χ4v) is 2.50. The first-order valence-electron chi connectivity index (χ1n) is 7.06. The minimum Gasteiger partial charge on any atom is -0.368 e. The van der Waals surface area contributed by atoms with Crippen molar-refractivity contribution in [2.45, 2.75) is 52.5 Å². The van der Waals surface area contributed by atoms with Crippen LogP contribution >= 0.6 is 0 Å². The quantitative estimate of drug-likeness (QED) is 0.722. The molecule has 1 saturated heterocycles. The molecule has 0 aliphatic carbocycles. The molecular formula is C14H29N3O. The molecule has 4 nitrogen and oxygen atoms in total. The lowest BCUT2D eigenvalue weighted by Crippen LogP contribution is -2.54. The highest BCUT2D eigenvalue weighted by molar-refractivity contribution is 5.84. The molecule has 18 heavy (non-hydrogen) atoms. The molecule has 1 rings (SSSR count). The van der Waals surface area contributed by atoms with E-state index in [4.69, 9.17) is 5.73 Å². The Morgan fingerprint density at radius 1 is 1.50 bits per heavy atom. The first kappa shape index (κ1) is 15.4. The van der Waals surface area contributed by atoms with Crippen molar-refractivity contribution in [1.29, 1.82) is 0 Å². The topological polar surface area (TPSA) is 58.4 Å². The van der Waals surface area contributed by atoms with Crippen LogP contribution in [0.2, 0.25) is 0 Å². The van der Waals surface area contributed by atoms with Gasteiger partial charge in [0, 0.05) is 13.1 Å². The van der Waals surface area contributed by atoms with E-state index in [1.54, 1.807) is 0 Å². The van der Waals surface area contributed by atoms with Crippen LogP contribution in [0.3, 0.4) is 0 Å². The minimum atomic E-state index is -0.567. The molecule has 0 aromatic heterocycles. The molecule has 1 atom stereocenters. The highest BCUT2D eigenvalue weighted by Crippen LogP contribution is 2.29. The molecule has 1 heterocycles. The van der Waals surface area contributed by atoms with Crippen LogP contribution in [0.1, 0.15) is 47.0 Å². The molecule has 1 fully saturated rings.